The summed E-state index contributed by atoms with van der Waals surface area (Å²) in [7, 11) is 0. The molecule has 1 heterocycles. The van der Waals surface area contributed by atoms with Gasteiger partial charge in [0.1, 0.15) is 5.69 Å². The molecular formula is C9H6BrClN2O. The van der Waals surface area contributed by atoms with E-state index in [0.717, 1.165) is 10.0 Å². The van der Waals surface area contributed by atoms with Gasteiger partial charge in [0.25, 0.3) is 0 Å². The number of rotatable bonds is 1. The number of benzene rings is 1. The molecule has 0 saturated heterocycles. The van der Waals surface area contributed by atoms with E-state index in [-0.39, 0.29) is 0 Å². The molecule has 0 amide bonds. The van der Waals surface area contributed by atoms with Gasteiger partial charge in [-0.2, -0.15) is 0 Å². The lowest BCUT2D eigenvalue weighted by Crippen LogP contribution is -1.86. The Balaban J connectivity index is 2.68. The molecule has 0 aliphatic heterocycles. The van der Waals surface area contributed by atoms with E-state index >= 15 is 0 Å². The van der Waals surface area contributed by atoms with Crippen LogP contribution in [0.3, 0.4) is 0 Å². The molecule has 3 nitrogen and oxygen atoms in total. The summed E-state index contributed by atoms with van der Waals surface area (Å²) in [6.07, 6.45) is 1.45. The van der Waals surface area contributed by atoms with Crippen LogP contribution in [0.4, 0.5) is 5.69 Å². The molecule has 0 spiro atoms. The van der Waals surface area contributed by atoms with Gasteiger partial charge in [-0.3, -0.25) is 0 Å². The van der Waals surface area contributed by atoms with E-state index in [1.54, 1.807) is 6.07 Å². The molecule has 0 fully saturated rings. The van der Waals surface area contributed by atoms with Crippen LogP contribution in [0.15, 0.2) is 33.4 Å². The van der Waals surface area contributed by atoms with Gasteiger partial charge in [-0.1, -0.05) is 22.8 Å². The molecule has 0 aliphatic rings. The highest BCUT2D eigenvalue weighted by Gasteiger charge is 2.14. The first-order chi connectivity index (χ1) is 6.70. The third kappa shape index (κ3) is 1.51. The van der Waals surface area contributed by atoms with Crippen LogP contribution < -0.4 is 5.73 Å². The van der Waals surface area contributed by atoms with Crippen LogP contribution in [0.2, 0.25) is 5.02 Å². The highest BCUT2D eigenvalue weighted by molar-refractivity contribution is 9.10. The van der Waals surface area contributed by atoms with E-state index in [9.17, 15) is 0 Å². The summed E-state index contributed by atoms with van der Waals surface area (Å²) in [6, 6.07) is 5.47. The SMILES string of the molecule is Nc1cnoc1-c1c(Cl)cccc1Br. The van der Waals surface area contributed by atoms with Crippen LogP contribution in [0.1, 0.15) is 0 Å². The number of aromatic nitrogens is 1. The van der Waals surface area contributed by atoms with Crippen LogP contribution in [-0.2, 0) is 0 Å². The molecule has 1 aromatic heterocycles. The van der Waals surface area contributed by atoms with Crippen molar-refractivity contribution in [3.05, 3.63) is 33.9 Å². The molecule has 5 heteroatoms. The fourth-order valence-corrected chi connectivity index (χ4v) is 2.07. The molecule has 0 saturated carbocycles. The van der Waals surface area contributed by atoms with Crippen molar-refractivity contribution < 1.29 is 4.52 Å². The molecule has 2 rings (SSSR count). The predicted octanol–water partition coefficient (Wildman–Crippen LogP) is 3.34. The lowest BCUT2D eigenvalue weighted by atomic mass is 10.1. The van der Waals surface area contributed by atoms with Crippen molar-refractivity contribution in [3.8, 4) is 11.3 Å². The molecule has 0 bridgehead atoms. The van der Waals surface area contributed by atoms with Crippen LogP contribution in [0, 0.1) is 0 Å². The Labute approximate surface area is 94.0 Å². The maximum Gasteiger partial charge on any atom is 0.192 e. The Morgan fingerprint density at radius 2 is 2.21 bits per heavy atom. The molecule has 1 aromatic carbocycles. The van der Waals surface area contributed by atoms with Gasteiger partial charge < -0.3 is 10.3 Å². The third-order valence-corrected chi connectivity index (χ3v) is 2.76. The van der Waals surface area contributed by atoms with E-state index in [2.05, 4.69) is 21.1 Å². The Morgan fingerprint density at radius 1 is 1.43 bits per heavy atom. The van der Waals surface area contributed by atoms with Crippen molar-refractivity contribution in [3.63, 3.8) is 0 Å². The molecule has 0 aliphatic carbocycles. The zero-order valence-corrected chi connectivity index (χ0v) is 9.34. The van der Waals surface area contributed by atoms with Crippen molar-refractivity contribution in [2.45, 2.75) is 0 Å². The average Bonchev–Trinajstić information content (AvgIpc) is 2.52. The molecule has 0 atom stereocenters. The van der Waals surface area contributed by atoms with Gasteiger partial charge in [0.15, 0.2) is 5.76 Å². The number of halogens is 2. The highest BCUT2D eigenvalue weighted by Crippen LogP contribution is 2.37. The largest absolute Gasteiger partial charge is 0.394 e. The number of nitrogens with zero attached hydrogens (tertiary/aromatic N) is 1. The predicted molar refractivity (Wildman–Crippen MR) is 59.1 cm³/mol. The Bertz CT molecular complexity index is 449. The van der Waals surface area contributed by atoms with Crippen molar-refractivity contribution in [2.24, 2.45) is 0 Å². The summed E-state index contributed by atoms with van der Waals surface area (Å²) < 4.78 is 5.85. The first-order valence-electron chi connectivity index (χ1n) is 3.84. The molecule has 0 radical (unpaired) electrons. The van der Waals surface area contributed by atoms with Crippen molar-refractivity contribution >= 4 is 33.2 Å². The van der Waals surface area contributed by atoms with Gasteiger partial charge in [-0.15, -0.1) is 0 Å². The summed E-state index contributed by atoms with van der Waals surface area (Å²) in [5, 5.41) is 4.17. The van der Waals surface area contributed by atoms with Gasteiger partial charge in [-0.05, 0) is 28.1 Å². The normalized spacial score (nSPS) is 10.4. The van der Waals surface area contributed by atoms with Gasteiger partial charge in [0.2, 0.25) is 0 Å². The smallest absolute Gasteiger partial charge is 0.192 e. The number of nitrogen functional groups attached to an aromatic ring is 1. The summed E-state index contributed by atoms with van der Waals surface area (Å²) in [6.45, 7) is 0. The number of hydrogen-bond acceptors (Lipinski definition) is 3. The number of anilines is 1. The van der Waals surface area contributed by atoms with Crippen molar-refractivity contribution in [1.82, 2.24) is 5.16 Å². The molecule has 14 heavy (non-hydrogen) atoms. The standard InChI is InChI=1S/C9H6BrClN2O/c10-5-2-1-3-6(11)8(5)9-7(12)4-13-14-9/h1-4H,12H2. The minimum atomic E-state index is 0.471. The van der Waals surface area contributed by atoms with Gasteiger partial charge >= 0.3 is 0 Å². The van der Waals surface area contributed by atoms with Gasteiger partial charge in [0, 0.05) is 4.47 Å². The Kier molecular flexibility index (Phi) is 2.48. The first kappa shape index (κ1) is 9.55. The molecular weight excluding hydrogens is 267 g/mol. The summed E-state index contributed by atoms with van der Waals surface area (Å²) in [4.78, 5) is 0. The lowest BCUT2D eigenvalue weighted by Gasteiger charge is -2.03. The van der Waals surface area contributed by atoms with Gasteiger partial charge in [0.05, 0.1) is 16.8 Å². The van der Waals surface area contributed by atoms with E-state index in [0.29, 0.717) is 16.5 Å². The Hall–Kier alpha value is -1.000. The number of hydrogen-bond donors (Lipinski definition) is 1. The first-order valence-corrected chi connectivity index (χ1v) is 5.02. The second-order valence-corrected chi connectivity index (χ2v) is 3.97. The highest BCUT2D eigenvalue weighted by atomic mass is 79.9. The topological polar surface area (TPSA) is 52.0 Å². The minimum absolute atomic E-state index is 0.471. The second kappa shape index (κ2) is 3.63. The van der Waals surface area contributed by atoms with E-state index in [1.165, 1.54) is 6.20 Å². The third-order valence-electron chi connectivity index (χ3n) is 1.79. The molecule has 2 N–H and O–H groups in total. The monoisotopic (exact) mass is 272 g/mol. The zero-order chi connectivity index (χ0) is 10.1. The maximum absolute atomic E-state index is 6.02. The molecule has 72 valence electrons. The fraction of sp³-hybridized carbons (Fsp3) is 0. The van der Waals surface area contributed by atoms with Crippen molar-refractivity contribution in [1.29, 1.82) is 0 Å². The zero-order valence-electron chi connectivity index (χ0n) is 7.00. The molecule has 0 unspecified atom stereocenters. The van der Waals surface area contributed by atoms with Crippen molar-refractivity contribution in [2.75, 3.05) is 5.73 Å². The van der Waals surface area contributed by atoms with Crippen LogP contribution in [-0.4, -0.2) is 5.16 Å². The van der Waals surface area contributed by atoms with E-state index < -0.39 is 0 Å². The number of nitrogens with two attached hydrogens (primary N) is 1. The minimum Gasteiger partial charge on any atom is -0.394 e. The van der Waals surface area contributed by atoms with Gasteiger partial charge in [-0.25, -0.2) is 0 Å². The quantitative estimate of drug-likeness (QED) is 0.867. The fourth-order valence-electron chi connectivity index (χ4n) is 1.15. The summed E-state index contributed by atoms with van der Waals surface area (Å²) >= 11 is 9.39. The summed E-state index contributed by atoms with van der Waals surface area (Å²) in [5.41, 5.74) is 6.87. The molecule has 2 aromatic rings. The second-order valence-electron chi connectivity index (χ2n) is 2.71. The maximum atomic E-state index is 6.02. The lowest BCUT2D eigenvalue weighted by molar-refractivity contribution is 0.432. The Morgan fingerprint density at radius 3 is 2.79 bits per heavy atom. The van der Waals surface area contributed by atoms with Crippen LogP contribution in [0.25, 0.3) is 11.3 Å². The van der Waals surface area contributed by atoms with Crippen LogP contribution in [0.5, 0.6) is 0 Å². The summed E-state index contributed by atoms with van der Waals surface area (Å²) in [5.74, 6) is 0.488. The van der Waals surface area contributed by atoms with E-state index in [4.69, 9.17) is 21.9 Å². The average molecular weight is 274 g/mol. The van der Waals surface area contributed by atoms with E-state index in [1.807, 2.05) is 12.1 Å². The van der Waals surface area contributed by atoms with Crippen LogP contribution >= 0.6 is 27.5 Å².